The van der Waals surface area contributed by atoms with E-state index in [0.717, 1.165) is 0 Å². The van der Waals surface area contributed by atoms with E-state index in [1.165, 1.54) is 36.0 Å². The van der Waals surface area contributed by atoms with Crippen molar-refractivity contribution in [1.82, 2.24) is 9.78 Å². The third kappa shape index (κ3) is 2.71. The molecule has 0 saturated heterocycles. The van der Waals surface area contributed by atoms with Gasteiger partial charge in [0.1, 0.15) is 11.6 Å². The number of carbonyl (C=O) groups excluding carboxylic acids is 1. The number of hydrogen-bond acceptors (Lipinski definition) is 5. The van der Waals surface area contributed by atoms with Gasteiger partial charge in [0, 0.05) is 30.4 Å². The summed E-state index contributed by atoms with van der Waals surface area (Å²) in [7, 11) is 1.62. The van der Waals surface area contributed by atoms with Gasteiger partial charge in [-0.25, -0.2) is 0 Å². The highest BCUT2D eigenvalue weighted by Crippen LogP contribution is 2.22. The minimum atomic E-state index is -0.550. The number of aryl methyl sites for hydroxylation is 1. The number of hydrogen-bond donors (Lipinski definition) is 1. The molecule has 0 fully saturated rings. The van der Waals surface area contributed by atoms with Gasteiger partial charge < -0.3 is 5.32 Å². The van der Waals surface area contributed by atoms with E-state index in [1.54, 1.807) is 7.05 Å². The van der Waals surface area contributed by atoms with Crippen LogP contribution in [-0.2, 0) is 7.05 Å². The average molecular weight is 285 g/mol. The Kier molecular flexibility index (Phi) is 3.67. The molecule has 106 valence electrons. The van der Waals surface area contributed by atoms with Crippen LogP contribution in [0.5, 0.6) is 0 Å². The molecule has 1 aromatic heterocycles. The minimum Gasteiger partial charge on any atom is -0.304 e. The second kappa shape index (κ2) is 5.42. The van der Waals surface area contributed by atoms with Gasteiger partial charge in [-0.3, -0.25) is 19.6 Å². The van der Waals surface area contributed by atoms with Crippen molar-refractivity contribution in [3.63, 3.8) is 0 Å². The molecule has 1 N–H and O–H groups in total. The third-order valence-electron chi connectivity index (χ3n) is 2.93. The predicted octanol–water partition coefficient (Wildman–Crippen LogP) is 1.76. The van der Waals surface area contributed by atoms with Crippen LogP contribution in [-0.4, -0.2) is 20.6 Å². The number of nitriles is 1. The van der Waals surface area contributed by atoms with Gasteiger partial charge in [-0.2, -0.15) is 10.4 Å². The molecule has 1 aromatic carbocycles. The molecule has 21 heavy (non-hydrogen) atoms. The lowest BCUT2D eigenvalue weighted by atomic mass is 10.1. The molecule has 0 aliphatic carbocycles. The highest BCUT2D eigenvalue weighted by molar-refractivity contribution is 6.05. The topological polar surface area (TPSA) is 114 Å². The fourth-order valence-corrected chi connectivity index (χ4v) is 1.90. The van der Waals surface area contributed by atoms with Gasteiger partial charge in [-0.15, -0.1) is 0 Å². The summed E-state index contributed by atoms with van der Waals surface area (Å²) >= 11 is 0. The Hall–Kier alpha value is -3.21. The predicted molar refractivity (Wildman–Crippen MR) is 73.7 cm³/mol. The lowest BCUT2D eigenvalue weighted by Gasteiger charge is -2.06. The number of benzene rings is 1. The Bertz CT molecular complexity index is 773. The van der Waals surface area contributed by atoms with Crippen LogP contribution in [0.15, 0.2) is 24.4 Å². The molecule has 8 nitrogen and oxygen atoms in total. The van der Waals surface area contributed by atoms with E-state index in [1.807, 2.05) is 6.07 Å². The highest BCUT2D eigenvalue weighted by atomic mass is 16.6. The summed E-state index contributed by atoms with van der Waals surface area (Å²) in [6, 6.07) is 6.15. The fraction of sp³-hybridized carbons (Fsp3) is 0.154. The molecule has 0 saturated carbocycles. The number of nitro benzene ring substituents is 1. The first-order valence-electron chi connectivity index (χ1n) is 5.93. The number of nitrogens with zero attached hydrogens (tertiary/aromatic N) is 4. The summed E-state index contributed by atoms with van der Waals surface area (Å²) in [6.45, 7) is 1.50. The summed E-state index contributed by atoms with van der Waals surface area (Å²) in [5, 5.41) is 26.3. The lowest BCUT2D eigenvalue weighted by Crippen LogP contribution is -2.15. The Morgan fingerprint density at radius 2 is 2.24 bits per heavy atom. The second-order valence-corrected chi connectivity index (χ2v) is 4.34. The zero-order valence-corrected chi connectivity index (χ0v) is 11.3. The van der Waals surface area contributed by atoms with Gasteiger partial charge in [0.2, 0.25) is 0 Å². The zero-order chi connectivity index (χ0) is 15.6. The van der Waals surface area contributed by atoms with E-state index in [2.05, 4.69) is 10.4 Å². The zero-order valence-electron chi connectivity index (χ0n) is 11.3. The van der Waals surface area contributed by atoms with Crippen LogP contribution in [0.25, 0.3) is 0 Å². The molecule has 0 unspecified atom stereocenters. The number of nitrogens with one attached hydrogen (secondary N) is 1. The molecule has 1 amide bonds. The highest BCUT2D eigenvalue weighted by Gasteiger charge is 2.19. The van der Waals surface area contributed by atoms with Gasteiger partial charge in [-0.1, -0.05) is 6.07 Å². The summed E-state index contributed by atoms with van der Waals surface area (Å²) in [5.74, 6) is -0.428. The maximum absolute atomic E-state index is 12.2. The van der Waals surface area contributed by atoms with Crippen molar-refractivity contribution in [2.75, 3.05) is 5.32 Å². The fourth-order valence-electron chi connectivity index (χ4n) is 1.90. The summed E-state index contributed by atoms with van der Waals surface area (Å²) in [5.41, 5.74) is 0.506. The standard InChI is InChI=1S/C13H11N5O3/c1-8-10(4-3-5-11(8)18(20)21)13(19)15-12-9(6-14)7-17(2)16-12/h3-5,7H,1-2H3,(H,15,16,19). The quantitative estimate of drug-likeness (QED) is 0.681. The number of nitro groups is 1. The van der Waals surface area contributed by atoms with Crippen molar-refractivity contribution >= 4 is 17.4 Å². The molecular weight excluding hydrogens is 274 g/mol. The van der Waals surface area contributed by atoms with Crippen LogP contribution >= 0.6 is 0 Å². The minimum absolute atomic E-state index is 0.121. The van der Waals surface area contributed by atoms with Crippen LogP contribution in [0.3, 0.4) is 0 Å². The maximum Gasteiger partial charge on any atom is 0.273 e. The first-order valence-corrected chi connectivity index (χ1v) is 5.93. The van der Waals surface area contributed by atoms with Crippen molar-refractivity contribution in [2.45, 2.75) is 6.92 Å². The van der Waals surface area contributed by atoms with Gasteiger partial charge >= 0.3 is 0 Å². The molecule has 0 aliphatic rings. The number of carbonyl (C=O) groups is 1. The number of rotatable bonds is 3. The number of aromatic nitrogens is 2. The molecule has 1 heterocycles. The van der Waals surface area contributed by atoms with Gasteiger partial charge in [-0.05, 0) is 13.0 Å². The second-order valence-electron chi connectivity index (χ2n) is 4.34. The number of anilines is 1. The van der Waals surface area contributed by atoms with Crippen LogP contribution in [0, 0.1) is 28.4 Å². The smallest absolute Gasteiger partial charge is 0.273 e. The molecule has 2 rings (SSSR count). The first kappa shape index (κ1) is 14.2. The molecule has 0 radical (unpaired) electrons. The van der Waals surface area contributed by atoms with Crippen molar-refractivity contribution < 1.29 is 9.72 Å². The Morgan fingerprint density at radius 1 is 1.52 bits per heavy atom. The van der Waals surface area contributed by atoms with E-state index in [4.69, 9.17) is 5.26 Å². The summed E-state index contributed by atoms with van der Waals surface area (Å²) in [4.78, 5) is 22.5. The molecule has 2 aromatic rings. The summed E-state index contributed by atoms with van der Waals surface area (Å²) < 4.78 is 1.40. The van der Waals surface area contributed by atoms with Gasteiger partial charge in [0.15, 0.2) is 5.82 Å². The number of amides is 1. The summed E-state index contributed by atoms with van der Waals surface area (Å²) in [6.07, 6.45) is 1.47. The van der Waals surface area contributed by atoms with Crippen molar-refractivity contribution in [3.8, 4) is 6.07 Å². The van der Waals surface area contributed by atoms with Crippen LogP contribution < -0.4 is 5.32 Å². The molecule has 8 heteroatoms. The average Bonchev–Trinajstić information content (AvgIpc) is 2.78. The van der Waals surface area contributed by atoms with Crippen LogP contribution in [0.1, 0.15) is 21.5 Å². The molecular formula is C13H11N5O3. The van der Waals surface area contributed by atoms with E-state index in [9.17, 15) is 14.9 Å². The first-order chi connectivity index (χ1) is 9.93. The monoisotopic (exact) mass is 285 g/mol. The van der Waals surface area contributed by atoms with Gasteiger partial charge in [0.25, 0.3) is 11.6 Å². The van der Waals surface area contributed by atoms with Gasteiger partial charge in [0.05, 0.1) is 4.92 Å². The van der Waals surface area contributed by atoms with Crippen LogP contribution in [0.2, 0.25) is 0 Å². The lowest BCUT2D eigenvalue weighted by molar-refractivity contribution is -0.385. The third-order valence-corrected chi connectivity index (χ3v) is 2.93. The normalized spacial score (nSPS) is 9.95. The largest absolute Gasteiger partial charge is 0.304 e. The van der Waals surface area contributed by atoms with Crippen molar-refractivity contribution in [1.29, 1.82) is 5.26 Å². The Morgan fingerprint density at radius 3 is 2.86 bits per heavy atom. The molecule has 0 spiro atoms. The molecule has 0 atom stereocenters. The van der Waals surface area contributed by atoms with E-state index >= 15 is 0 Å². The van der Waals surface area contributed by atoms with E-state index in [-0.39, 0.29) is 28.2 Å². The van der Waals surface area contributed by atoms with Crippen LogP contribution in [0.4, 0.5) is 11.5 Å². The molecule has 0 bridgehead atoms. The molecule has 0 aliphatic heterocycles. The SMILES string of the molecule is Cc1c(C(=O)Nc2nn(C)cc2C#N)cccc1[N+](=O)[O-]. The Labute approximate surface area is 119 Å². The van der Waals surface area contributed by atoms with E-state index in [0.29, 0.717) is 0 Å². The van der Waals surface area contributed by atoms with Crippen molar-refractivity contribution in [3.05, 3.63) is 51.2 Å². The maximum atomic E-state index is 12.2. The Balaban J connectivity index is 2.35. The van der Waals surface area contributed by atoms with E-state index < -0.39 is 10.8 Å². The van der Waals surface area contributed by atoms with Crippen molar-refractivity contribution in [2.24, 2.45) is 7.05 Å².